The van der Waals surface area contributed by atoms with E-state index in [0.29, 0.717) is 18.1 Å². The van der Waals surface area contributed by atoms with Crippen molar-refractivity contribution in [3.8, 4) is 11.6 Å². The molecule has 2 aromatic rings. The molecule has 3 N–H and O–H groups in total. The zero-order valence-electron chi connectivity index (χ0n) is 12.4. The fourth-order valence-electron chi connectivity index (χ4n) is 2.15. The lowest BCUT2D eigenvalue weighted by atomic mass is 10.1. The molecule has 0 radical (unpaired) electrons. The van der Waals surface area contributed by atoms with Crippen LogP contribution in [0.2, 0.25) is 0 Å². The number of aromatic nitrogens is 1. The molecule has 5 heteroatoms. The fraction of sp³-hybridized carbons (Fsp3) is 0.250. The minimum atomic E-state index is -0.0411. The molecule has 1 heterocycles. The molecule has 1 aromatic heterocycles. The second kappa shape index (κ2) is 6.26. The van der Waals surface area contributed by atoms with Gasteiger partial charge in [-0.2, -0.15) is 0 Å². The highest BCUT2D eigenvalue weighted by atomic mass is 16.5. The maximum absolute atomic E-state index is 7.67. The Labute approximate surface area is 124 Å². The van der Waals surface area contributed by atoms with Gasteiger partial charge < -0.3 is 15.2 Å². The molecule has 0 fully saturated rings. The summed E-state index contributed by atoms with van der Waals surface area (Å²) >= 11 is 0. The van der Waals surface area contributed by atoms with Gasteiger partial charge in [-0.05, 0) is 43.2 Å². The summed E-state index contributed by atoms with van der Waals surface area (Å²) in [5.74, 6) is 1.12. The summed E-state index contributed by atoms with van der Waals surface area (Å²) in [5.41, 5.74) is 8.85. The first-order valence-electron chi connectivity index (χ1n) is 6.59. The number of nitrogen functional groups attached to an aromatic ring is 1. The topological polar surface area (TPSA) is 81.2 Å². The number of amidine groups is 1. The lowest BCUT2D eigenvalue weighted by molar-refractivity contribution is 0.291. The zero-order chi connectivity index (χ0) is 15.4. The van der Waals surface area contributed by atoms with Gasteiger partial charge in [0.1, 0.15) is 18.2 Å². The molecule has 5 nitrogen and oxygen atoms in total. The van der Waals surface area contributed by atoms with E-state index in [1.54, 1.807) is 7.11 Å². The molecule has 0 saturated heterocycles. The molecular formula is C16H19N3O2. The van der Waals surface area contributed by atoms with Crippen molar-refractivity contribution in [3.05, 3.63) is 52.7 Å². The number of ether oxygens (including phenoxy) is 2. The monoisotopic (exact) mass is 285 g/mol. The number of nitrogens with zero attached hydrogens (tertiary/aromatic N) is 1. The Bertz CT molecular complexity index is 669. The lowest BCUT2D eigenvalue weighted by Crippen LogP contribution is -2.16. The van der Waals surface area contributed by atoms with E-state index in [1.807, 2.05) is 44.2 Å². The van der Waals surface area contributed by atoms with E-state index in [2.05, 4.69) is 4.98 Å². The number of aryl methyl sites for hydroxylation is 2. The van der Waals surface area contributed by atoms with Crippen LogP contribution in [-0.2, 0) is 6.61 Å². The number of hydrogen-bond donors (Lipinski definition) is 2. The standard InChI is InChI=1S/C16H19N3O2/c1-10-7-11(2)19-16(14(10)15(17)18)21-9-12-5-4-6-13(8-12)20-3/h4-8H,9H2,1-3H3,(H3,17,18). The highest BCUT2D eigenvalue weighted by molar-refractivity contribution is 5.98. The molecule has 0 bridgehead atoms. The first kappa shape index (κ1) is 14.8. The maximum atomic E-state index is 7.67. The molecule has 0 amide bonds. The van der Waals surface area contributed by atoms with E-state index in [1.165, 1.54) is 0 Å². The average Bonchev–Trinajstić information content (AvgIpc) is 2.44. The average molecular weight is 285 g/mol. The summed E-state index contributed by atoms with van der Waals surface area (Å²) in [6.45, 7) is 4.12. The van der Waals surface area contributed by atoms with Crippen molar-refractivity contribution in [2.75, 3.05) is 7.11 Å². The van der Waals surface area contributed by atoms with Crippen molar-refractivity contribution < 1.29 is 9.47 Å². The van der Waals surface area contributed by atoms with Gasteiger partial charge in [-0.3, -0.25) is 5.41 Å². The molecule has 0 saturated carbocycles. The Morgan fingerprint density at radius 3 is 2.71 bits per heavy atom. The summed E-state index contributed by atoms with van der Waals surface area (Å²) in [5, 5.41) is 7.67. The number of methoxy groups -OCH3 is 1. The van der Waals surface area contributed by atoms with Gasteiger partial charge in [0.05, 0.1) is 12.7 Å². The van der Waals surface area contributed by atoms with Crippen molar-refractivity contribution >= 4 is 5.84 Å². The Balaban J connectivity index is 2.25. The van der Waals surface area contributed by atoms with Crippen LogP contribution in [0.4, 0.5) is 0 Å². The summed E-state index contributed by atoms with van der Waals surface area (Å²) in [7, 11) is 1.62. The molecule has 0 aliphatic carbocycles. The first-order valence-corrected chi connectivity index (χ1v) is 6.59. The molecule has 0 atom stereocenters. The predicted octanol–water partition coefficient (Wildman–Crippen LogP) is 2.57. The third kappa shape index (κ3) is 3.51. The van der Waals surface area contributed by atoms with Crippen LogP contribution in [0.1, 0.15) is 22.4 Å². The number of pyridine rings is 1. The van der Waals surface area contributed by atoms with Gasteiger partial charge in [-0.15, -0.1) is 0 Å². The predicted molar refractivity (Wildman–Crippen MR) is 82.1 cm³/mol. The highest BCUT2D eigenvalue weighted by Crippen LogP contribution is 2.22. The van der Waals surface area contributed by atoms with Gasteiger partial charge in [0, 0.05) is 5.69 Å². The van der Waals surface area contributed by atoms with Crippen LogP contribution in [0, 0.1) is 19.3 Å². The van der Waals surface area contributed by atoms with Gasteiger partial charge in [0.2, 0.25) is 5.88 Å². The Morgan fingerprint density at radius 1 is 1.29 bits per heavy atom. The van der Waals surface area contributed by atoms with Crippen LogP contribution in [0.25, 0.3) is 0 Å². The van der Waals surface area contributed by atoms with Crippen LogP contribution in [0.15, 0.2) is 30.3 Å². The molecular weight excluding hydrogens is 266 g/mol. The van der Waals surface area contributed by atoms with E-state index in [4.69, 9.17) is 20.6 Å². The van der Waals surface area contributed by atoms with Crippen LogP contribution in [0.3, 0.4) is 0 Å². The SMILES string of the molecule is COc1cccc(COc2nc(C)cc(C)c2C(=N)N)c1. The summed E-state index contributed by atoms with van der Waals surface area (Å²) in [4.78, 5) is 4.34. The molecule has 0 aliphatic rings. The third-order valence-corrected chi connectivity index (χ3v) is 3.09. The van der Waals surface area contributed by atoms with E-state index >= 15 is 0 Å². The number of nitrogens with one attached hydrogen (secondary N) is 1. The van der Waals surface area contributed by atoms with Crippen LogP contribution >= 0.6 is 0 Å². The largest absolute Gasteiger partial charge is 0.497 e. The third-order valence-electron chi connectivity index (χ3n) is 3.09. The Kier molecular flexibility index (Phi) is 4.42. The fourth-order valence-corrected chi connectivity index (χ4v) is 2.15. The number of nitrogens with two attached hydrogens (primary N) is 1. The van der Waals surface area contributed by atoms with Gasteiger partial charge in [-0.25, -0.2) is 4.98 Å². The first-order chi connectivity index (χ1) is 10.0. The van der Waals surface area contributed by atoms with Gasteiger partial charge in [0.15, 0.2) is 0 Å². The van der Waals surface area contributed by atoms with Crippen molar-refractivity contribution in [3.63, 3.8) is 0 Å². The molecule has 2 rings (SSSR count). The van der Waals surface area contributed by atoms with Crippen LogP contribution in [0.5, 0.6) is 11.6 Å². The second-order valence-electron chi connectivity index (χ2n) is 4.81. The molecule has 110 valence electrons. The molecule has 0 aliphatic heterocycles. The van der Waals surface area contributed by atoms with E-state index in [0.717, 1.165) is 22.6 Å². The minimum Gasteiger partial charge on any atom is -0.497 e. The Morgan fingerprint density at radius 2 is 2.05 bits per heavy atom. The van der Waals surface area contributed by atoms with Gasteiger partial charge in [0.25, 0.3) is 0 Å². The normalized spacial score (nSPS) is 10.2. The lowest BCUT2D eigenvalue weighted by Gasteiger charge is -2.13. The van der Waals surface area contributed by atoms with Crippen molar-refractivity contribution in [1.82, 2.24) is 4.98 Å². The number of rotatable bonds is 5. The second-order valence-corrected chi connectivity index (χ2v) is 4.81. The van der Waals surface area contributed by atoms with Crippen LogP contribution in [-0.4, -0.2) is 17.9 Å². The summed E-state index contributed by atoms with van der Waals surface area (Å²) in [6, 6.07) is 9.50. The van der Waals surface area contributed by atoms with Crippen molar-refractivity contribution in [2.24, 2.45) is 5.73 Å². The molecule has 0 unspecified atom stereocenters. The molecule has 0 spiro atoms. The summed E-state index contributed by atoms with van der Waals surface area (Å²) in [6.07, 6.45) is 0. The van der Waals surface area contributed by atoms with Crippen LogP contribution < -0.4 is 15.2 Å². The molecule has 1 aromatic carbocycles. The number of benzene rings is 1. The van der Waals surface area contributed by atoms with E-state index in [-0.39, 0.29) is 5.84 Å². The zero-order valence-corrected chi connectivity index (χ0v) is 12.4. The molecule has 21 heavy (non-hydrogen) atoms. The Hall–Kier alpha value is -2.56. The summed E-state index contributed by atoms with van der Waals surface area (Å²) < 4.78 is 10.9. The van der Waals surface area contributed by atoms with Gasteiger partial charge in [-0.1, -0.05) is 12.1 Å². The van der Waals surface area contributed by atoms with E-state index < -0.39 is 0 Å². The van der Waals surface area contributed by atoms with Crippen molar-refractivity contribution in [1.29, 1.82) is 5.41 Å². The van der Waals surface area contributed by atoms with Crippen molar-refractivity contribution in [2.45, 2.75) is 20.5 Å². The maximum Gasteiger partial charge on any atom is 0.225 e. The quantitative estimate of drug-likeness (QED) is 0.653. The van der Waals surface area contributed by atoms with E-state index in [9.17, 15) is 0 Å². The smallest absolute Gasteiger partial charge is 0.225 e. The highest BCUT2D eigenvalue weighted by Gasteiger charge is 2.13. The minimum absolute atomic E-state index is 0.0411. The number of hydrogen-bond acceptors (Lipinski definition) is 4. The van der Waals surface area contributed by atoms with Gasteiger partial charge >= 0.3 is 0 Å².